The molecule has 1 aromatic carbocycles. The number of benzene rings is 1. The molecular formula is C19H24FN3O2S. The topological polar surface area (TPSA) is 54.5 Å². The van der Waals surface area contributed by atoms with Crippen molar-refractivity contribution in [2.45, 2.75) is 20.0 Å². The fourth-order valence-electron chi connectivity index (χ4n) is 3.02. The summed E-state index contributed by atoms with van der Waals surface area (Å²) in [4.78, 5) is 19.0. The van der Waals surface area contributed by atoms with Crippen LogP contribution in [0.15, 0.2) is 29.6 Å². The van der Waals surface area contributed by atoms with E-state index in [2.05, 4.69) is 29.0 Å². The molecule has 1 N–H and O–H groups in total. The monoisotopic (exact) mass is 377 g/mol. The lowest BCUT2D eigenvalue weighted by atomic mass is 10.2. The maximum absolute atomic E-state index is 13.8. The standard InChI is InChI=1S/C19H24FN3O2S/c1-13(2)10-23-7-8-25-14(11-23)9-21-18(24)17-12-26-19(22-17)15-5-3-4-6-16(15)20/h3-6,12-14H,7-11H2,1-2H3,(H,21,24). The van der Waals surface area contributed by atoms with Gasteiger partial charge in [0.25, 0.3) is 5.91 Å². The van der Waals surface area contributed by atoms with Gasteiger partial charge < -0.3 is 10.1 Å². The summed E-state index contributed by atoms with van der Waals surface area (Å²) in [6, 6.07) is 6.44. The Hall–Kier alpha value is -1.83. The molecule has 1 aliphatic heterocycles. The Bertz CT molecular complexity index is 750. The highest BCUT2D eigenvalue weighted by Gasteiger charge is 2.22. The lowest BCUT2D eigenvalue weighted by Crippen LogP contribution is -2.48. The molecule has 1 aliphatic rings. The lowest BCUT2D eigenvalue weighted by molar-refractivity contribution is -0.0295. The minimum atomic E-state index is -0.338. The number of rotatable bonds is 6. The summed E-state index contributed by atoms with van der Waals surface area (Å²) in [6.07, 6.45) is -0.0175. The Morgan fingerprint density at radius 2 is 2.27 bits per heavy atom. The minimum absolute atomic E-state index is 0.0175. The molecular weight excluding hydrogens is 353 g/mol. The van der Waals surface area contributed by atoms with Crippen LogP contribution >= 0.6 is 11.3 Å². The van der Waals surface area contributed by atoms with Crippen molar-refractivity contribution >= 4 is 17.2 Å². The molecule has 0 saturated carbocycles. The van der Waals surface area contributed by atoms with Crippen LogP contribution in [0.4, 0.5) is 4.39 Å². The van der Waals surface area contributed by atoms with Gasteiger partial charge in [-0.3, -0.25) is 9.69 Å². The van der Waals surface area contributed by atoms with Crippen LogP contribution in [0.1, 0.15) is 24.3 Å². The number of hydrogen-bond donors (Lipinski definition) is 1. The fourth-order valence-corrected chi connectivity index (χ4v) is 3.85. The average Bonchev–Trinajstić information content (AvgIpc) is 3.10. The molecule has 0 bridgehead atoms. The second-order valence-corrected chi connectivity index (χ2v) is 7.73. The maximum atomic E-state index is 13.8. The van der Waals surface area contributed by atoms with Gasteiger partial charge in [-0.05, 0) is 18.1 Å². The van der Waals surface area contributed by atoms with Crippen molar-refractivity contribution in [2.24, 2.45) is 5.92 Å². The molecule has 3 rings (SSSR count). The summed E-state index contributed by atoms with van der Waals surface area (Å²) in [5, 5.41) is 5.04. The van der Waals surface area contributed by atoms with Crippen LogP contribution in [0.3, 0.4) is 0 Å². The number of amides is 1. The number of carbonyl (C=O) groups excluding carboxylic acids is 1. The molecule has 1 unspecified atom stereocenters. The van der Waals surface area contributed by atoms with Crippen molar-refractivity contribution in [2.75, 3.05) is 32.8 Å². The number of hydrogen-bond acceptors (Lipinski definition) is 5. The van der Waals surface area contributed by atoms with Crippen molar-refractivity contribution in [1.82, 2.24) is 15.2 Å². The molecule has 2 aromatic rings. The number of nitrogens with one attached hydrogen (secondary N) is 1. The van der Waals surface area contributed by atoms with E-state index in [1.807, 2.05) is 0 Å². The molecule has 26 heavy (non-hydrogen) atoms. The zero-order chi connectivity index (χ0) is 18.5. The molecule has 0 spiro atoms. The number of halogens is 1. The van der Waals surface area contributed by atoms with E-state index in [-0.39, 0.29) is 17.8 Å². The van der Waals surface area contributed by atoms with E-state index in [1.165, 1.54) is 17.4 Å². The zero-order valence-electron chi connectivity index (χ0n) is 15.1. The highest BCUT2D eigenvalue weighted by Crippen LogP contribution is 2.26. The van der Waals surface area contributed by atoms with Crippen LogP contribution < -0.4 is 5.32 Å². The number of morpholine rings is 1. The molecule has 5 nitrogen and oxygen atoms in total. The first kappa shape index (κ1) is 18.9. The summed E-state index contributed by atoms with van der Waals surface area (Å²) in [7, 11) is 0. The summed E-state index contributed by atoms with van der Waals surface area (Å²) in [5.74, 6) is 0.0123. The first-order valence-electron chi connectivity index (χ1n) is 8.85. The normalized spacial score (nSPS) is 18.2. The predicted octanol–water partition coefficient (Wildman–Crippen LogP) is 3.04. The second kappa shape index (κ2) is 8.70. The van der Waals surface area contributed by atoms with E-state index >= 15 is 0 Å². The van der Waals surface area contributed by atoms with Gasteiger partial charge in [0.1, 0.15) is 16.5 Å². The Morgan fingerprint density at radius 3 is 3.04 bits per heavy atom. The van der Waals surface area contributed by atoms with Crippen LogP contribution in [0.25, 0.3) is 10.6 Å². The van der Waals surface area contributed by atoms with Crippen LogP contribution in [0, 0.1) is 11.7 Å². The summed E-state index contributed by atoms with van der Waals surface area (Å²) in [5.41, 5.74) is 0.722. The van der Waals surface area contributed by atoms with Gasteiger partial charge in [0.15, 0.2) is 0 Å². The molecule has 2 heterocycles. The number of thiazole rings is 1. The number of carbonyl (C=O) groups is 1. The number of nitrogens with zero attached hydrogens (tertiary/aromatic N) is 2. The van der Waals surface area contributed by atoms with E-state index in [9.17, 15) is 9.18 Å². The highest BCUT2D eigenvalue weighted by atomic mass is 32.1. The fraction of sp³-hybridized carbons (Fsp3) is 0.474. The van der Waals surface area contributed by atoms with Crippen LogP contribution in [-0.4, -0.2) is 54.7 Å². The van der Waals surface area contributed by atoms with E-state index in [1.54, 1.807) is 23.6 Å². The minimum Gasteiger partial charge on any atom is -0.374 e. The zero-order valence-corrected chi connectivity index (χ0v) is 15.9. The van der Waals surface area contributed by atoms with Crippen molar-refractivity contribution in [1.29, 1.82) is 0 Å². The smallest absolute Gasteiger partial charge is 0.270 e. The Balaban J connectivity index is 1.55. The van der Waals surface area contributed by atoms with Gasteiger partial charge in [-0.2, -0.15) is 0 Å². The average molecular weight is 377 g/mol. The summed E-state index contributed by atoms with van der Waals surface area (Å²) < 4.78 is 19.6. The third kappa shape index (κ3) is 4.87. The Labute approximate surface area is 157 Å². The predicted molar refractivity (Wildman–Crippen MR) is 101 cm³/mol. The molecule has 0 radical (unpaired) electrons. The van der Waals surface area contributed by atoms with Crippen molar-refractivity contribution in [3.05, 3.63) is 41.2 Å². The van der Waals surface area contributed by atoms with Crippen LogP contribution in [-0.2, 0) is 4.74 Å². The van der Waals surface area contributed by atoms with E-state index < -0.39 is 0 Å². The van der Waals surface area contributed by atoms with Crippen LogP contribution in [0.5, 0.6) is 0 Å². The number of aromatic nitrogens is 1. The van der Waals surface area contributed by atoms with Gasteiger partial charge >= 0.3 is 0 Å². The highest BCUT2D eigenvalue weighted by molar-refractivity contribution is 7.13. The van der Waals surface area contributed by atoms with Crippen molar-refractivity contribution in [3.8, 4) is 10.6 Å². The Kier molecular flexibility index (Phi) is 6.34. The quantitative estimate of drug-likeness (QED) is 0.841. The van der Waals surface area contributed by atoms with E-state index in [4.69, 9.17) is 4.74 Å². The van der Waals surface area contributed by atoms with Gasteiger partial charge in [-0.1, -0.05) is 26.0 Å². The van der Waals surface area contributed by atoms with E-state index in [0.29, 0.717) is 35.3 Å². The largest absolute Gasteiger partial charge is 0.374 e. The summed E-state index contributed by atoms with van der Waals surface area (Å²) >= 11 is 1.26. The molecule has 1 atom stereocenters. The Morgan fingerprint density at radius 1 is 1.46 bits per heavy atom. The molecule has 140 valence electrons. The first-order valence-corrected chi connectivity index (χ1v) is 9.73. The molecule has 1 aromatic heterocycles. The molecule has 0 aliphatic carbocycles. The SMILES string of the molecule is CC(C)CN1CCOC(CNC(=O)c2csc(-c3ccccc3F)n2)C1. The van der Waals surface area contributed by atoms with Gasteiger partial charge in [0.2, 0.25) is 0 Å². The summed E-state index contributed by atoms with van der Waals surface area (Å²) in [6.45, 7) is 8.30. The van der Waals surface area contributed by atoms with Gasteiger partial charge in [0.05, 0.1) is 12.7 Å². The lowest BCUT2D eigenvalue weighted by Gasteiger charge is -2.33. The van der Waals surface area contributed by atoms with Crippen LogP contribution in [0.2, 0.25) is 0 Å². The van der Waals surface area contributed by atoms with Crippen molar-refractivity contribution < 1.29 is 13.9 Å². The van der Waals surface area contributed by atoms with Crippen molar-refractivity contribution in [3.63, 3.8) is 0 Å². The molecule has 7 heteroatoms. The molecule has 1 saturated heterocycles. The third-order valence-electron chi connectivity index (χ3n) is 4.18. The first-order chi connectivity index (χ1) is 12.5. The van der Waals surface area contributed by atoms with Gasteiger partial charge in [-0.25, -0.2) is 9.37 Å². The van der Waals surface area contributed by atoms with Gasteiger partial charge in [-0.15, -0.1) is 11.3 Å². The van der Waals surface area contributed by atoms with Gasteiger partial charge in [0, 0.05) is 37.1 Å². The second-order valence-electron chi connectivity index (χ2n) is 6.87. The molecule has 1 amide bonds. The van der Waals surface area contributed by atoms with E-state index in [0.717, 1.165) is 19.6 Å². The third-order valence-corrected chi connectivity index (χ3v) is 5.05. The number of ether oxygens (including phenoxy) is 1. The maximum Gasteiger partial charge on any atom is 0.270 e. The molecule has 1 fully saturated rings.